The zero-order valence-corrected chi connectivity index (χ0v) is 45.2. The highest BCUT2D eigenvalue weighted by Gasteiger charge is 2.52. The van der Waals surface area contributed by atoms with Gasteiger partial charge in [-0.05, 0) is 72.7 Å². The number of hydrogen-bond donors (Lipinski definition) is 0. The summed E-state index contributed by atoms with van der Waals surface area (Å²) in [6, 6.07) is 24.1. The van der Waals surface area contributed by atoms with E-state index in [1.165, 1.54) is 17.5 Å². The summed E-state index contributed by atoms with van der Waals surface area (Å²) in [6.07, 6.45) is 7.34. The molecule has 10 nitrogen and oxygen atoms in total. The maximum atomic E-state index is 13.9. The lowest BCUT2D eigenvalue weighted by molar-refractivity contribution is -0.151. The zero-order valence-electron chi connectivity index (χ0n) is 42.2. The molecule has 358 valence electrons. The fourth-order valence-electron chi connectivity index (χ4n) is 8.07. The molecule has 0 spiro atoms. The fraction of sp³-hybridized carbons (Fsp3) is 0.558. The standard InChI is InChI=1S/C52H78O10Si3/c1-37(38(2)61-65(51(6,7)8,39-24-19-17-20-25-39)40-26-21-18-22-27-40)30-31-43(62-64(15,16)50(3,4)5)48-42(59-52(9,10)60-48)29-23-28-41-46(49(53)55-32-33-63(12,13)14)44(56-35-54-11)34-45-47(41)58-36-57-45/h17-28,30-31,34,37-38,42-43,48H,29,32-33,35-36H2,1-16H3/t37-,38-,42+,43?,48+/m1/s1. The van der Waals surface area contributed by atoms with E-state index in [2.05, 4.69) is 161 Å². The van der Waals surface area contributed by atoms with Crippen LogP contribution in [0.3, 0.4) is 0 Å². The van der Waals surface area contributed by atoms with Crippen molar-refractivity contribution >= 4 is 47.1 Å². The summed E-state index contributed by atoms with van der Waals surface area (Å²) >= 11 is 0. The van der Waals surface area contributed by atoms with Crippen LogP contribution in [0.2, 0.25) is 48.9 Å². The van der Waals surface area contributed by atoms with E-state index in [9.17, 15) is 4.79 Å². The zero-order chi connectivity index (χ0) is 48.0. The number of methoxy groups -OCH3 is 1. The van der Waals surface area contributed by atoms with Crippen LogP contribution in [0.5, 0.6) is 17.2 Å². The Bertz CT molecular complexity index is 2040. The van der Waals surface area contributed by atoms with Crippen molar-refractivity contribution in [2.75, 3.05) is 27.3 Å². The van der Waals surface area contributed by atoms with Gasteiger partial charge < -0.3 is 42.0 Å². The number of carbonyl (C=O) groups is 1. The third-order valence-corrected chi connectivity index (χ3v) is 24.2. The molecule has 2 aliphatic rings. The number of benzene rings is 3. The maximum Gasteiger partial charge on any atom is 0.342 e. The molecule has 5 rings (SSSR count). The van der Waals surface area contributed by atoms with Gasteiger partial charge in [0.15, 0.2) is 32.4 Å². The lowest BCUT2D eigenvalue weighted by Gasteiger charge is -2.45. The minimum absolute atomic E-state index is 0.0165. The summed E-state index contributed by atoms with van der Waals surface area (Å²) < 4.78 is 57.2. The van der Waals surface area contributed by atoms with Crippen LogP contribution in [-0.2, 0) is 27.8 Å². The lowest BCUT2D eigenvalue weighted by Crippen LogP contribution is -2.67. The summed E-state index contributed by atoms with van der Waals surface area (Å²) in [4.78, 5) is 13.9. The van der Waals surface area contributed by atoms with Crippen LogP contribution in [0.4, 0.5) is 0 Å². The van der Waals surface area contributed by atoms with Crippen LogP contribution in [0.15, 0.2) is 85.0 Å². The minimum atomic E-state index is -2.80. The molecular formula is C52H78O10Si3. The molecule has 3 aromatic rings. The SMILES string of the molecule is COCOc1cc2c(c(C=CC[C@@H]3OC(C)(C)O[C@@H]3C(C=C[C@@H](C)[C@@H](C)O[Si](c3ccccc3)(c3ccccc3)C(C)(C)C)O[Si](C)(C)C(C)(C)C)c1C(=O)OCC[Si](C)(C)C)OCO2. The van der Waals surface area contributed by atoms with E-state index < -0.39 is 54.8 Å². The number of esters is 1. The molecule has 0 N–H and O–H groups in total. The molecule has 1 unspecified atom stereocenters. The number of fused-ring (bicyclic) bond motifs is 1. The first-order valence-corrected chi connectivity index (χ1v) is 31.8. The van der Waals surface area contributed by atoms with Crippen LogP contribution in [-0.4, -0.2) is 88.2 Å². The molecule has 1 saturated heterocycles. The summed E-state index contributed by atoms with van der Waals surface area (Å²) in [7, 11) is -5.09. The maximum absolute atomic E-state index is 13.9. The topological polar surface area (TPSA) is 100 Å². The van der Waals surface area contributed by atoms with Gasteiger partial charge >= 0.3 is 5.97 Å². The van der Waals surface area contributed by atoms with Crippen molar-refractivity contribution in [1.82, 2.24) is 0 Å². The highest BCUT2D eigenvalue weighted by molar-refractivity contribution is 6.99. The molecule has 5 atom stereocenters. The van der Waals surface area contributed by atoms with E-state index in [0.29, 0.717) is 35.8 Å². The Morgan fingerprint density at radius 1 is 0.846 bits per heavy atom. The first kappa shape index (κ1) is 52.4. The normalized spacial score (nSPS) is 19.4. The lowest BCUT2D eigenvalue weighted by atomic mass is 9.99. The second-order valence-electron chi connectivity index (χ2n) is 21.7. The van der Waals surface area contributed by atoms with Crippen molar-refractivity contribution in [2.24, 2.45) is 5.92 Å². The Kier molecular flexibility index (Phi) is 17.1. The molecule has 0 aliphatic carbocycles. The van der Waals surface area contributed by atoms with Gasteiger partial charge in [0.1, 0.15) is 17.4 Å². The van der Waals surface area contributed by atoms with Gasteiger partial charge in [-0.3, -0.25) is 0 Å². The number of ether oxygens (including phenoxy) is 7. The van der Waals surface area contributed by atoms with Crippen LogP contribution in [0.25, 0.3) is 6.08 Å². The largest absolute Gasteiger partial charge is 0.466 e. The van der Waals surface area contributed by atoms with E-state index in [-0.39, 0.29) is 41.2 Å². The van der Waals surface area contributed by atoms with E-state index in [4.69, 9.17) is 42.0 Å². The highest BCUT2D eigenvalue weighted by Crippen LogP contribution is 2.45. The Hall–Kier alpha value is -3.54. The minimum Gasteiger partial charge on any atom is -0.466 e. The van der Waals surface area contributed by atoms with Gasteiger partial charge in [-0.15, -0.1) is 0 Å². The van der Waals surface area contributed by atoms with E-state index in [1.807, 2.05) is 26.0 Å². The van der Waals surface area contributed by atoms with Crippen molar-refractivity contribution in [3.63, 3.8) is 0 Å². The Morgan fingerprint density at radius 2 is 1.46 bits per heavy atom. The van der Waals surface area contributed by atoms with E-state index >= 15 is 0 Å². The summed E-state index contributed by atoms with van der Waals surface area (Å²) in [5, 5.41) is 2.28. The first-order valence-electron chi connectivity index (χ1n) is 23.2. The van der Waals surface area contributed by atoms with Crippen LogP contribution in [0, 0.1) is 5.92 Å². The molecule has 2 heterocycles. The molecule has 65 heavy (non-hydrogen) atoms. The van der Waals surface area contributed by atoms with Gasteiger partial charge in [0.2, 0.25) is 6.79 Å². The number of hydrogen-bond acceptors (Lipinski definition) is 10. The molecule has 0 amide bonds. The van der Waals surface area contributed by atoms with Crippen molar-refractivity contribution in [2.45, 2.75) is 155 Å². The molecule has 3 aromatic carbocycles. The summed E-state index contributed by atoms with van der Waals surface area (Å²) in [5.74, 6) is -0.130. The molecule has 2 aliphatic heterocycles. The Morgan fingerprint density at radius 3 is 2.02 bits per heavy atom. The fourth-order valence-corrected chi connectivity index (χ4v) is 14.8. The van der Waals surface area contributed by atoms with Gasteiger partial charge in [-0.25, -0.2) is 4.79 Å². The van der Waals surface area contributed by atoms with Crippen molar-refractivity contribution < 1.29 is 46.8 Å². The van der Waals surface area contributed by atoms with E-state index in [1.54, 1.807) is 6.07 Å². The quantitative estimate of drug-likeness (QED) is 0.0471. The van der Waals surface area contributed by atoms with Gasteiger partial charge in [-0.2, -0.15) is 0 Å². The van der Waals surface area contributed by atoms with Crippen molar-refractivity contribution in [1.29, 1.82) is 0 Å². The average Bonchev–Trinajstić information content (AvgIpc) is 3.82. The first-order chi connectivity index (χ1) is 30.3. The molecule has 0 radical (unpaired) electrons. The van der Waals surface area contributed by atoms with Gasteiger partial charge in [0.05, 0.1) is 18.8 Å². The molecule has 0 saturated carbocycles. The third kappa shape index (κ3) is 12.9. The predicted molar refractivity (Wildman–Crippen MR) is 270 cm³/mol. The average molecular weight is 947 g/mol. The smallest absolute Gasteiger partial charge is 0.342 e. The highest BCUT2D eigenvalue weighted by atomic mass is 28.4. The molecule has 0 bridgehead atoms. The van der Waals surface area contributed by atoms with Crippen LogP contribution < -0.4 is 24.6 Å². The summed E-state index contributed by atoms with van der Waals surface area (Å²) in [5.41, 5.74) is 0.764. The van der Waals surface area contributed by atoms with Crippen molar-refractivity contribution in [3.8, 4) is 17.2 Å². The predicted octanol–water partition coefficient (Wildman–Crippen LogP) is 11.4. The number of rotatable bonds is 20. The molecular weight excluding hydrogens is 869 g/mol. The second kappa shape index (κ2) is 21.2. The monoisotopic (exact) mass is 946 g/mol. The Balaban J connectivity index is 1.49. The van der Waals surface area contributed by atoms with Crippen molar-refractivity contribution in [3.05, 3.63) is 96.1 Å². The third-order valence-electron chi connectivity index (χ3n) is 12.8. The van der Waals surface area contributed by atoms with Crippen LogP contribution in [0.1, 0.15) is 91.6 Å². The van der Waals surface area contributed by atoms with Gasteiger partial charge in [-0.1, -0.05) is 153 Å². The Labute approximate surface area is 393 Å². The van der Waals surface area contributed by atoms with Crippen LogP contribution >= 0.6 is 0 Å². The molecule has 0 aromatic heterocycles. The van der Waals surface area contributed by atoms with Gasteiger partial charge in [0, 0.05) is 32.9 Å². The van der Waals surface area contributed by atoms with E-state index in [0.717, 1.165) is 6.04 Å². The number of carbonyl (C=O) groups excluding carboxylic acids is 1. The van der Waals surface area contributed by atoms with Gasteiger partial charge in [0.25, 0.3) is 8.32 Å². The second-order valence-corrected chi connectivity index (χ2v) is 36.4. The summed E-state index contributed by atoms with van der Waals surface area (Å²) in [6.45, 7) is 33.5. The molecule has 13 heteroatoms. The molecule has 1 fully saturated rings.